The van der Waals surface area contributed by atoms with Gasteiger partial charge in [0, 0.05) is 12.6 Å². The Bertz CT molecular complexity index is 285. The molecule has 2 aliphatic heterocycles. The van der Waals surface area contributed by atoms with E-state index in [0.29, 0.717) is 13.0 Å². The minimum absolute atomic E-state index is 0.181. The van der Waals surface area contributed by atoms with Gasteiger partial charge in [-0.2, -0.15) is 0 Å². The number of carboxylic acids is 1. The monoisotopic (exact) mass is 226 g/mol. The van der Waals surface area contributed by atoms with E-state index in [-0.39, 0.29) is 11.9 Å². The van der Waals surface area contributed by atoms with Crippen LogP contribution in [0.2, 0.25) is 0 Å². The zero-order chi connectivity index (χ0) is 11.5. The van der Waals surface area contributed by atoms with Gasteiger partial charge >= 0.3 is 5.97 Å². The van der Waals surface area contributed by atoms with E-state index in [1.807, 2.05) is 0 Å². The highest BCUT2D eigenvalue weighted by Gasteiger charge is 2.39. The lowest BCUT2D eigenvalue weighted by Crippen LogP contribution is -2.39. The fourth-order valence-electron chi connectivity index (χ4n) is 2.61. The van der Waals surface area contributed by atoms with Gasteiger partial charge in [0.1, 0.15) is 5.92 Å². The van der Waals surface area contributed by atoms with Gasteiger partial charge in [-0.3, -0.25) is 9.59 Å². The summed E-state index contributed by atoms with van der Waals surface area (Å²) in [5.74, 6) is -1.95. The number of carbonyl (C=O) groups is 2. The molecule has 0 spiro atoms. The predicted molar refractivity (Wildman–Crippen MR) is 58.0 cm³/mol. The van der Waals surface area contributed by atoms with E-state index in [2.05, 4.69) is 5.32 Å². The van der Waals surface area contributed by atoms with Crippen LogP contribution in [0.5, 0.6) is 0 Å². The summed E-state index contributed by atoms with van der Waals surface area (Å²) in [5.41, 5.74) is 0. The van der Waals surface area contributed by atoms with Gasteiger partial charge in [0.2, 0.25) is 5.91 Å². The number of hydrogen-bond donors (Lipinski definition) is 2. The molecular weight excluding hydrogens is 208 g/mol. The summed E-state index contributed by atoms with van der Waals surface area (Å²) >= 11 is 0. The lowest BCUT2D eigenvalue weighted by molar-refractivity contribution is -0.148. The second kappa shape index (κ2) is 4.82. The molecule has 2 rings (SSSR count). The molecular formula is C11H18N2O3. The zero-order valence-electron chi connectivity index (χ0n) is 9.32. The van der Waals surface area contributed by atoms with E-state index in [9.17, 15) is 9.59 Å². The van der Waals surface area contributed by atoms with Crippen molar-refractivity contribution in [2.45, 2.75) is 31.7 Å². The van der Waals surface area contributed by atoms with Crippen LogP contribution in [-0.2, 0) is 9.59 Å². The number of aliphatic carboxylic acids is 1. The van der Waals surface area contributed by atoms with Crippen molar-refractivity contribution in [3.8, 4) is 0 Å². The van der Waals surface area contributed by atoms with E-state index in [0.717, 1.165) is 32.4 Å². The van der Waals surface area contributed by atoms with Crippen molar-refractivity contribution >= 4 is 11.9 Å². The smallest absolute Gasteiger partial charge is 0.316 e. The van der Waals surface area contributed by atoms with Crippen molar-refractivity contribution in [3.05, 3.63) is 0 Å². The van der Waals surface area contributed by atoms with Crippen LogP contribution in [0, 0.1) is 5.92 Å². The number of rotatable bonds is 2. The Hall–Kier alpha value is -1.10. The number of likely N-dealkylation sites (tertiary alicyclic amines) is 1. The van der Waals surface area contributed by atoms with E-state index in [1.165, 1.54) is 0 Å². The molecule has 2 fully saturated rings. The summed E-state index contributed by atoms with van der Waals surface area (Å²) in [6.45, 7) is 2.54. The van der Waals surface area contributed by atoms with E-state index >= 15 is 0 Å². The minimum atomic E-state index is -0.973. The number of nitrogens with zero attached hydrogens (tertiary/aromatic N) is 1. The predicted octanol–water partition coefficient (Wildman–Crippen LogP) is 0.0616. The fraction of sp³-hybridized carbons (Fsp3) is 0.818. The Morgan fingerprint density at radius 2 is 2.12 bits per heavy atom. The van der Waals surface area contributed by atoms with Gasteiger partial charge in [-0.1, -0.05) is 0 Å². The Labute approximate surface area is 94.8 Å². The van der Waals surface area contributed by atoms with Crippen molar-refractivity contribution < 1.29 is 14.7 Å². The fourth-order valence-corrected chi connectivity index (χ4v) is 2.61. The molecule has 2 atom stereocenters. The Morgan fingerprint density at radius 3 is 2.81 bits per heavy atom. The molecule has 0 aromatic rings. The summed E-state index contributed by atoms with van der Waals surface area (Å²) in [5, 5.41) is 12.2. The van der Waals surface area contributed by atoms with Crippen molar-refractivity contribution in [3.63, 3.8) is 0 Å². The van der Waals surface area contributed by atoms with Crippen LogP contribution in [0.25, 0.3) is 0 Å². The molecule has 0 aliphatic carbocycles. The van der Waals surface area contributed by atoms with Crippen LogP contribution >= 0.6 is 0 Å². The summed E-state index contributed by atoms with van der Waals surface area (Å²) < 4.78 is 0. The molecule has 1 amide bonds. The van der Waals surface area contributed by atoms with E-state index in [4.69, 9.17) is 5.11 Å². The molecule has 2 saturated heterocycles. The third-order valence-electron chi connectivity index (χ3n) is 3.52. The maximum absolute atomic E-state index is 11.9. The maximum Gasteiger partial charge on any atom is 0.316 e. The largest absolute Gasteiger partial charge is 0.481 e. The highest BCUT2D eigenvalue weighted by atomic mass is 16.4. The zero-order valence-corrected chi connectivity index (χ0v) is 9.32. The molecule has 0 aromatic heterocycles. The van der Waals surface area contributed by atoms with Crippen LogP contribution in [0.15, 0.2) is 0 Å². The molecule has 0 aromatic carbocycles. The lowest BCUT2D eigenvalue weighted by atomic mass is 10.1. The normalized spacial score (nSPS) is 31.5. The first-order valence-corrected chi connectivity index (χ1v) is 5.94. The highest BCUT2D eigenvalue weighted by Crippen LogP contribution is 2.24. The first-order valence-electron chi connectivity index (χ1n) is 5.94. The molecule has 2 heterocycles. The Kier molecular flexibility index (Phi) is 3.43. The maximum atomic E-state index is 11.9. The van der Waals surface area contributed by atoms with Crippen LogP contribution in [0.1, 0.15) is 25.7 Å². The third kappa shape index (κ3) is 2.19. The molecule has 90 valence electrons. The first kappa shape index (κ1) is 11.4. The Balaban J connectivity index is 1.99. The number of carbonyl (C=O) groups excluding carboxylic acids is 1. The minimum Gasteiger partial charge on any atom is -0.481 e. The average molecular weight is 226 g/mol. The standard InChI is InChI=1S/C11H18N2O3/c14-10-9(11(15)16)4-7-13(10)8-2-1-5-12-6-3-8/h8-9,12H,1-7H2,(H,15,16). The van der Waals surface area contributed by atoms with Crippen molar-refractivity contribution in [2.75, 3.05) is 19.6 Å². The molecule has 5 nitrogen and oxygen atoms in total. The first-order chi connectivity index (χ1) is 7.70. The number of carboxylic acid groups (broad SMARTS) is 1. The van der Waals surface area contributed by atoms with E-state index < -0.39 is 11.9 Å². The summed E-state index contributed by atoms with van der Waals surface area (Å²) in [6, 6.07) is 0.242. The molecule has 0 radical (unpaired) electrons. The number of nitrogens with one attached hydrogen (secondary N) is 1. The van der Waals surface area contributed by atoms with Gasteiger partial charge in [0.05, 0.1) is 0 Å². The summed E-state index contributed by atoms with van der Waals surface area (Å²) in [6.07, 6.45) is 3.47. The number of hydrogen-bond acceptors (Lipinski definition) is 3. The third-order valence-corrected chi connectivity index (χ3v) is 3.52. The van der Waals surface area contributed by atoms with Gasteiger partial charge in [-0.25, -0.2) is 0 Å². The molecule has 16 heavy (non-hydrogen) atoms. The molecule has 5 heteroatoms. The van der Waals surface area contributed by atoms with E-state index in [1.54, 1.807) is 4.90 Å². The van der Waals surface area contributed by atoms with Crippen molar-refractivity contribution in [1.82, 2.24) is 10.2 Å². The highest BCUT2D eigenvalue weighted by molar-refractivity contribution is 5.98. The molecule has 2 aliphatic rings. The molecule has 0 saturated carbocycles. The summed E-state index contributed by atoms with van der Waals surface area (Å²) in [4.78, 5) is 24.5. The van der Waals surface area contributed by atoms with Crippen LogP contribution in [0.3, 0.4) is 0 Å². The second-order valence-electron chi connectivity index (χ2n) is 4.55. The van der Waals surface area contributed by atoms with Crippen LogP contribution in [-0.4, -0.2) is 47.6 Å². The van der Waals surface area contributed by atoms with Crippen molar-refractivity contribution in [1.29, 1.82) is 0 Å². The topological polar surface area (TPSA) is 69.6 Å². The van der Waals surface area contributed by atoms with Gasteiger partial charge < -0.3 is 15.3 Å². The van der Waals surface area contributed by atoms with Gasteiger partial charge in [-0.05, 0) is 38.8 Å². The van der Waals surface area contributed by atoms with Gasteiger partial charge in [0.25, 0.3) is 0 Å². The van der Waals surface area contributed by atoms with Gasteiger partial charge in [-0.15, -0.1) is 0 Å². The molecule has 2 unspecified atom stereocenters. The average Bonchev–Trinajstić information content (AvgIpc) is 2.50. The summed E-state index contributed by atoms with van der Waals surface area (Å²) in [7, 11) is 0. The van der Waals surface area contributed by atoms with Crippen molar-refractivity contribution in [2.24, 2.45) is 5.92 Å². The lowest BCUT2D eigenvalue weighted by Gasteiger charge is -2.26. The van der Waals surface area contributed by atoms with Gasteiger partial charge in [0.15, 0.2) is 0 Å². The Morgan fingerprint density at radius 1 is 1.31 bits per heavy atom. The second-order valence-corrected chi connectivity index (χ2v) is 4.55. The van der Waals surface area contributed by atoms with Crippen LogP contribution in [0.4, 0.5) is 0 Å². The van der Waals surface area contributed by atoms with Crippen LogP contribution < -0.4 is 5.32 Å². The molecule has 2 N–H and O–H groups in total. The number of amides is 1. The molecule has 0 bridgehead atoms. The SMILES string of the molecule is O=C(O)C1CCN(C2CCCNCC2)C1=O. The quantitative estimate of drug-likeness (QED) is 0.653.